The molecular formula is C28H49. The van der Waals surface area contributed by atoms with E-state index in [2.05, 4.69) is 51.5 Å². The predicted octanol–water partition coefficient (Wildman–Crippen LogP) is 9.50. The maximum Gasteiger partial charge on any atom is -0.0276 e. The minimum Gasteiger partial charge on any atom is -0.0654 e. The summed E-state index contributed by atoms with van der Waals surface area (Å²) in [7, 11) is 0. The van der Waals surface area contributed by atoms with Crippen LogP contribution in [0.25, 0.3) is 0 Å². The van der Waals surface area contributed by atoms with Gasteiger partial charge in [-0.25, -0.2) is 0 Å². The van der Waals surface area contributed by atoms with Gasteiger partial charge in [-0.05, 0) is 49.1 Å². The van der Waals surface area contributed by atoms with E-state index in [0.717, 1.165) is 5.92 Å². The molecule has 0 aromatic heterocycles. The Bertz CT molecular complexity index is 447. The van der Waals surface area contributed by atoms with Crippen molar-refractivity contribution in [2.75, 3.05) is 0 Å². The number of unbranched alkanes of at least 4 members (excludes halogenated alkanes) is 11. The van der Waals surface area contributed by atoms with E-state index in [-0.39, 0.29) is 0 Å². The van der Waals surface area contributed by atoms with E-state index in [4.69, 9.17) is 0 Å². The van der Waals surface area contributed by atoms with Gasteiger partial charge in [0.2, 0.25) is 0 Å². The standard InChI is InChI=1S/C28H49/c1-4-6-8-10-11-12-13-14-16-21-27-23-18-24-28(25-27)22-17-20-26(3)19-15-9-7-5-2/h18,20,23-26H,4-17,19,21-22H2,1-3H3. The maximum atomic E-state index is 2.55. The Labute approximate surface area is 177 Å². The first kappa shape index (κ1) is 25.3. The highest BCUT2D eigenvalue weighted by Gasteiger charge is 2.03. The number of rotatable bonds is 19. The molecule has 0 aliphatic carbocycles. The molecule has 0 aliphatic rings. The number of hydrogen-bond acceptors (Lipinski definition) is 0. The van der Waals surface area contributed by atoms with Crippen molar-refractivity contribution < 1.29 is 0 Å². The highest BCUT2D eigenvalue weighted by atomic mass is 14.1. The third kappa shape index (κ3) is 14.3. The van der Waals surface area contributed by atoms with Gasteiger partial charge in [0, 0.05) is 0 Å². The third-order valence-corrected chi connectivity index (χ3v) is 6.08. The molecule has 0 amide bonds. The second-order valence-electron chi connectivity index (χ2n) is 9.00. The van der Waals surface area contributed by atoms with Crippen LogP contribution in [0.3, 0.4) is 0 Å². The van der Waals surface area contributed by atoms with Crippen LogP contribution in [-0.2, 0) is 12.8 Å². The van der Waals surface area contributed by atoms with E-state index in [1.54, 1.807) is 5.56 Å². The lowest BCUT2D eigenvalue weighted by molar-refractivity contribution is 0.524. The van der Waals surface area contributed by atoms with Crippen LogP contribution in [-0.4, -0.2) is 0 Å². The Morgan fingerprint density at radius 3 is 1.86 bits per heavy atom. The molecule has 0 heterocycles. The second-order valence-corrected chi connectivity index (χ2v) is 9.00. The lowest BCUT2D eigenvalue weighted by atomic mass is 9.95. The molecule has 0 aliphatic heterocycles. The Kier molecular flexibility index (Phi) is 16.5. The van der Waals surface area contributed by atoms with Crippen LogP contribution in [0, 0.1) is 12.3 Å². The first-order valence-corrected chi connectivity index (χ1v) is 12.7. The van der Waals surface area contributed by atoms with Crippen LogP contribution in [0.4, 0.5) is 0 Å². The molecule has 28 heavy (non-hydrogen) atoms. The van der Waals surface area contributed by atoms with Gasteiger partial charge in [0.1, 0.15) is 0 Å². The number of hydrogen-bond donors (Lipinski definition) is 0. The summed E-state index contributed by atoms with van der Waals surface area (Å²) in [5.74, 6) is 0.780. The molecule has 0 heteroatoms. The van der Waals surface area contributed by atoms with Crippen molar-refractivity contribution in [2.24, 2.45) is 5.92 Å². The lowest BCUT2D eigenvalue weighted by Crippen LogP contribution is -1.98. The Morgan fingerprint density at radius 2 is 1.21 bits per heavy atom. The van der Waals surface area contributed by atoms with Crippen molar-refractivity contribution in [3.05, 3.63) is 41.8 Å². The quantitative estimate of drug-likeness (QED) is 0.208. The molecule has 0 bridgehead atoms. The van der Waals surface area contributed by atoms with Crippen molar-refractivity contribution in [3.8, 4) is 0 Å². The fourth-order valence-corrected chi connectivity index (χ4v) is 4.13. The molecule has 0 saturated carbocycles. The van der Waals surface area contributed by atoms with E-state index in [0.29, 0.717) is 0 Å². The van der Waals surface area contributed by atoms with Gasteiger partial charge >= 0.3 is 0 Å². The van der Waals surface area contributed by atoms with Crippen LogP contribution in [0.1, 0.15) is 128 Å². The van der Waals surface area contributed by atoms with Gasteiger partial charge in [0.25, 0.3) is 0 Å². The van der Waals surface area contributed by atoms with Gasteiger partial charge < -0.3 is 0 Å². The fourth-order valence-electron chi connectivity index (χ4n) is 4.13. The van der Waals surface area contributed by atoms with Gasteiger partial charge in [0.05, 0.1) is 0 Å². The minimum atomic E-state index is 0.780. The molecule has 0 fully saturated rings. The molecule has 0 nitrogen and oxygen atoms in total. The zero-order valence-corrected chi connectivity index (χ0v) is 19.5. The summed E-state index contributed by atoms with van der Waals surface area (Å²) < 4.78 is 0. The fraction of sp³-hybridized carbons (Fsp3) is 0.750. The van der Waals surface area contributed by atoms with E-state index in [1.165, 1.54) is 115 Å². The molecule has 0 spiro atoms. The Hall–Kier alpha value is -0.780. The molecule has 1 radical (unpaired) electrons. The molecule has 0 saturated heterocycles. The molecule has 1 aromatic carbocycles. The summed E-state index contributed by atoms with van der Waals surface area (Å²) in [6.45, 7) is 6.98. The first-order chi connectivity index (χ1) is 13.8. The van der Waals surface area contributed by atoms with Crippen LogP contribution >= 0.6 is 0 Å². The predicted molar refractivity (Wildman–Crippen MR) is 128 cm³/mol. The topological polar surface area (TPSA) is 0 Å². The van der Waals surface area contributed by atoms with Crippen LogP contribution in [0.5, 0.6) is 0 Å². The highest BCUT2D eigenvalue weighted by Crippen LogP contribution is 2.18. The largest absolute Gasteiger partial charge is 0.0654 e. The SMILES string of the molecule is CCCCCCCCCCCc1cccc(CC[CH]C(C)CCCCCC)c1. The van der Waals surface area contributed by atoms with Crippen molar-refractivity contribution >= 4 is 0 Å². The number of aryl methyl sites for hydroxylation is 2. The summed E-state index contributed by atoms with van der Waals surface area (Å²) in [6, 6.07) is 9.38. The average Bonchev–Trinajstić information content (AvgIpc) is 2.70. The van der Waals surface area contributed by atoms with Crippen LogP contribution in [0.15, 0.2) is 24.3 Å². The molecule has 1 atom stereocenters. The van der Waals surface area contributed by atoms with Crippen molar-refractivity contribution in [2.45, 2.75) is 130 Å². The van der Waals surface area contributed by atoms with Gasteiger partial charge in [-0.3, -0.25) is 0 Å². The van der Waals surface area contributed by atoms with E-state index in [9.17, 15) is 0 Å². The zero-order chi connectivity index (χ0) is 20.3. The van der Waals surface area contributed by atoms with Crippen molar-refractivity contribution in [3.63, 3.8) is 0 Å². The first-order valence-electron chi connectivity index (χ1n) is 12.7. The summed E-state index contributed by atoms with van der Waals surface area (Å²) in [4.78, 5) is 0. The maximum absolute atomic E-state index is 2.55. The third-order valence-electron chi connectivity index (χ3n) is 6.08. The smallest absolute Gasteiger partial charge is 0.0276 e. The van der Waals surface area contributed by atoms with Gasteiger partial charge in [-0.15, -0.1) is 0 Å². The normalized spacial score (nSPS) is 12.4. The lowest BCUT2D eigenvalue weighted by Gasteiger charge is -2.11. The molecule has 1 aromatic rings. The Morgan fingerprint density at radius 1 is 0.679 bits per heavy atom. The van der Waals surface area contributed by atoms with Crippen molar-refractivity contribution in [1.82, 2.24) is 0 Å². The number of benzene rings is 1. The summed E-state index contributed by atoms with van der Waals surface area (Å²) in [6.07, 6.45) is 25.9. The van der Waals surface area contributed by atoms with E-state index in [1.807, 2.05) is 0 Å². The van der Waals surface area contributed by atoms with E-state index < -0.39 is 0 Å². The molecule has 0 N–H and O–H groups in total. The van der Waals surface area contributed by atoms with Gasteiger partial charge in [-0.1, -0.05) is 129 Å². The monoisotopic (exact) mass is 385 g/mol. The molecule has 1 rings (SSSR count). The highest BCUT2D eigenvalue weighted by molar-refractivity contribution is 5.23. The van der Waals surface area contributed by atoms with Gasteiger partial charge in [-0.2, -0.15) is 0 Å². The zero-order valence-electron chi connectivity index (χ0n) is 19.5. The molecule has 1 unspecified atom stereocenters. The van der Waals surface area contributed by atoms with Crippen LogP contribution in [0.2, 0.25) is 0 Å². The molecule has 161 valence electrons. The summed E-state index contributed by atoms with van der Waals surface area (Å²) in [5, 5.41) is 0. The molecular weight excluding hydrogens is 336 g/mol. The average molecular weight is 386 g/mol. The summed E-state index contributed by atoms with van der Waals surface area (Å²) >= 11 is 0. The van der Waals surface area contributed by atoms with Gasteiger partial charge in [0.15, 0.2) is 0 Å². The van der Waals surface area contributed by atoms with E-state index >= 15 is 0 Å². The van der Waals surface area contributed by atoms with Crippen molar-refractivity contribution in [1.29, 1.82) is 0 Å². The van der Waals surface area contributed by atoms with Crippen LogP contribution < -0.4 is 0 Å². The summed E-state index contributed by atoms with van der Waals surface area (Å²) in [5.41, 5.74) is 3.08. The Balaban J connectivity index is 2.08. The minimum absolute atomic E-state index is 0.780. The second kappa shape index (κ2) is 18.3.